The van der Waals surface area contributed by atoms with Crippen molar-refractivity contribution in [2.75, 3.05) is 26.9 Å². The molecule has 1 aromatic carbocycles. The van der Waals surface area contributed by atoms with Gasteiger partial charge in [-0.25, -0.2) is 4.79 Å². The second kappa shape index (κ2) is 10.4. The molecule has 7 nitrogen and oxygen atoms in total. The van der Waals surface area contributed by atoms with Crippen molar-refractivity contribution in [3.8, 4) is 5.75 Å². The molecule has 8 heteroatoms. The number of nitrogens with zero attached hydrogens (tertiary/aromatic N) is 1. The van der Waals surface area contributed by atoms with Gasteiger partial charge in [-0.1, -0.05) is 33.8 Å². The van der Waals surface area contributed by atoms with E-state index in [0.717, 1.165) is 47.4 Å². The summed E-state index contributed by atoms with van der Waals surface area (Å²) in [5, 5.41) is 8.99. The highest BCUT2D eigenvalue weighted by molar-refractivity contribution is 9.10. The lowest BCUT2D eigenvalue weighted by molar-refractivity contribution is -0.139. The van der Waals surface area contributed by atoms with Crippen LogP contribution in [0.2, 0.25) is 0 Å². The number of rotatable bonds is 8. The van der Waals surface area contributed by atoms with E-state index in [0.29, 0.717) is 36.2 Å². The molecule has 37 heavy (non-hydrogen) atoms. The van der Waals surface area contributed by atoms with Gasteiger partial charge in [0.1, 0.15) is 5.75 Å². The predicted octanol–water partition coefficient (Wildman–Crippen LogP) is 5.63. The average molecular weight is 575 g/mol. The smallest absolute Gasteiger partial charge is 0.341 e. The Hall–Kier alpha value is -2.45. The third kappa shape index (κ3) is 5.70. The largest absolute Gasteiger partial charge is 0.481 e. The Bertz CT molecular complexity index is 1140. The van der Waals surface area contributed by atoms with Crippen molar-refractivity contribution in [1.29, 1.82) is 0 Å². The molecule has 0 amide bonds. The van der Waals surface area contributed by atoms with Crippen molar-refractivity contribution < 1.29 is 29.0 Å². The zero-order valence-electron chi connectivity index (χ0n) is 22.3. The Morgan fingerprint density at radius 1 is 1.03 bits per heavy atom. The van der Waals surface area contributed by atoms with Gasteiger partial charge >= 0.3 is 5.97 Å². The Kier molecular flexibility index (Phi) is 7.73. The number of ether oxygens (including phenoxy) is 2. The maximum Gasteiger partial charge on any atom is 0.341 e. The van der Waals surface area contributed by atoms with E-state index >= 15 is 0 Å². The van der Waals surface area contributed by atoms with Crippen LogP contribution in [0.25, 0.3) is 0 Å². The molecule has 0 fully saturated rings. The number of carboxylic acid groups (broad SMARTS) is 1. The van der Waals surface area contributed by atoms with E-state index in [9.17, 15) is 14.4 Å². The fourth-order valence-corrected chi connectivity index (χ4v) is 6.48. The maximum absolute atomic E-state index is 13.8. The topological polar surface area (TPSA) is 93.1 Å². The maximum atomic E-state index is 13.8. The molecule has 0 saturated heterocycles. The lowest BCUT2D eigenvalue weighted by Gasteiger charge is -2.49. The van der Waals surface area contributed by atoms with Crippen molar-refractivity contribution in [3.05, 3.63) is 50.8 Å². The number of carbonyl (C=O) groups excluding carboxylic acids is 2. The SMILES string of the molecule is COCCCN1C2=C(C(=O)CC(C)(C)C2)C(c2ccc(OCC(=O)O)c(Br)c2)C2=C1CC(C)(C)CC2=O. The normalized spacial score (nSPS) is 21.2. The van der Waals surface area contributed by atoms with E-state index in [1.807, 2.05) is 12.1 Å². The molecule has 0 spiro atoms. The third-order valence-electron chi connectivity index (χ3n) is 7.39. The molecule has 0 saturated carbocycles. The average Bonchev–Trinajstić information content (AvgIpc) is 2.77. The van der Waals surface area contributed by atoms with Gasteiger partial charge in [-0.05, 0) is 63.7 Å². The van der Waals surface area contributed by atoms with Gasteiger partial charge in [0.05, 0.1) is 4.47 Å². The number of hydrogen-bond donors (Lipinski definition) is 1. The van der Waals surface area contributed by atoms with Crippen molar-refractivity contribution in [3.63, 3.8) is 0 Å². The molecule has 0 atom stereocenters. The Balaban J connectivity index is 1.89. The van der Waals surface area contributed by atoms with Gasteiger partial charge in [0.25, 0.3) is 0 Å². The van der Waals surface area contributed by atoms with Crippen LogP contribution in [0.5, 0.6) is 5.75 Å². The molecule has 0 unspecified atom stereocenters. The van der Waals surface area contributed by atoms with Crippen LogP contribution in [0.4, 0.5) is 0 Å². The molecular weight excluding hydrogens is 538 g/mol. The standard InChI is InChI=1S/C29H36BrNO6/c1-28(2)12-19-26(21(32)14-28)25(17-7-8-23(18(30)11-17)37-16-24(34)35)27-20(31(19)9-6-10-36-5)13-29(3,4)15-22(27)33/h7-8,11,25H,6,9-10,12-16H2,1-5H3,(H,34,35). The van der Waals surface area contributed by atoms with Crippen molar-refractivity contribution in [2.45, 2.75) is 65.7 Å². The van der Waals surface area contributed by atoms with Gasteiger partial charge in [0, 0.05) is 61.6 Å². The zero-order chi connectivity index (χ0) is 27.1. The van der Waals surface area contributed by atoms with Crippen LogP contribution in [-0.4, -0.2) is 54.4 Å². The van der Waals surface area contributed by atoms with Crippen LogP contribution in [0, 0.1) is 10.8 Å². The number of benzene rings is 1. The third-order valence-corrected chi connectivity index (χ3v) is 8.01. The molecule has 1 N–H and O–H groups in total. The van der Waals surface area contributed by atoms with Gasteiger partial charge in [-0.2, -0.15) is 0 Å². The quantitative estimate of drug-likeness (QED) is 0.402. The van der Waals surface area contributed by atoms with Crippen LogP contribution in [-0.2, 0) is 19.1 Å². The van der Waals surface area contributed by atoms with Crippen LogP contribution in [0.1, 0.15) is 71.3 Å². The molecule has 0 aromatic heterocycles. The summed E-state index contributed by atoms with van der Waals surface area (Å²) in [5.41, 5.74) is 3.95. The first-order valence-electron chi connectivity index (χ1n) is 12.8. The molecule has 1 aliphatic heterocycles. The molecule has 1 heterocycles. The summed E-state index contributed by atoms with van der Waals surface area (Å²) in [5.74, 6) is -0.953. The second-order valence-corrected chi connectivity index (χ2v) is 12.8. The molecular formula is C29H36BrNO6. The summed E-state index contributed by atoms with van der Waals surface area (Å²) in [6.45, 7) is 9.35. The summed E-state index contributed by atoms with van der Waals surface area (Å²) in [4.78, 5) is 40.8. The molecule has 200 valence electrons. The highest BCUT2D eigenvalue weighted by Crippen LogP contribution is 2.54. The number of aliphatic carboxylic acids is 1. The van der Waals surface area contributed by atoms with E-state index < -0.39 is 18.5 Å². The predicted molar refractivity (Wildman–Crippen MR) is 143 cm³/mol. The number of ketones is 2. The van der Waals surface area contributed by atoms with Crippen LogP contribution in [0.3, 0.4) is 0 Å². The Labute approximate surface area is 227 Å². The minimum atomic E-state index is -1.06. The molecule has 0 bridgehead atoms. The van der Waals surface area contributed by atoms with E-state index in [1.54, 1.807) is 13.2 Å². The second-order valence-electron chi connectivity index (χ2n) is 11.9. The highest BCUT2D eigenvalue weighted by Gasteiger charge is 2.48. The number of carbonyl (C=O) groups is 3. The van der Waals surface area contributed by atoms with Crippen molar-refractivity contribution >= 4 is 33.5 Å². The number of halogens is 1. The monoisotopic (exact) mass is 573 g/mol. The summed E-state index contributed by atoms with van der Waals surface area (Å²) in [6.07, 6.45) is 3.15. The van der Waals surface area contributed by atoms with Gasteiger partial charge in [0.15, 0.2) is 18.2 Å². The minimum absolute atomic E-state index is 0.0829. The van der Waals surface area contributed by atoms with Gasteiger partial charge in [-0.15, -0.1) is 0 Å². The lowest BCUT2D eigenvalue weighted by Crippen LogP contribution is -2.44. The first-order valence-corrected chi connectivity index (χ1v) is 13.6. The van der Waals surface area contributed by atoms with Crippen LogP contribution in [0.15, 0.2) is 45.2 Å². The van der Waals surface area contributed by atoms with Crippen molar-refractivity contribution in [1.82, 2.24) is 4.90 Å². The first-order chi connectivity index (χ1) is 17.3. The molecule has 0 radical (unpaired) electrons. The molecule has 4 rings (SSSR count). The first kappa shape index (κ1) is 27.6. The van der Waals surface area contributed by atoms with E-state index in [4.69, 9.17) is 14.6 Å². The fraction of sp³-hybridized carbons (Fsp3) is 0.552. The summed E-state index contributed by atoms with van der Waals surface area (Å²) in [6, 6.07) is 5.42. The number of allylic oxidation sites excluding steroid dienone is 4. The van der Waals surface area contributed by atoms with Crippen molar-refractivity contribution in [2.24, 2.45) is 10.8 Å². The number of carboxylic acids is 1. The van der Waals surface area contributed by atoms with E-state index in [2.05, 4.69) is 48.5 Å². The summed E-state index contributed by atoms with van der Waals surface area (Å²) >= 11 is 3.52. The number of hydrogen-bond acceptors (Lipinski definition) is 6. The lowest BCUT2D eigenvalue weighted by atomic mass is 9.63. The molecule has 3 aliphatic rings. The zero-order valence-corrected chi connectivity index (χ0v) is 23.9. The van der Waals surface area contributed by atoms with E-state index in [-0.39, 0.29) is 22.4 Å². The number of Topliss-reactive ketones (excluding diaryl/α,β-unsaturated/α-hetero) is 2. The minimum Gasteiger partial charge on any atom is -0.481 e. The van der Waals surface area contributed by atoms with Gasteiger partial charge < -0.3 is 19.5 Å². The van der Waals surface area contributed by atoms with Crippen LogP contribution >= 0.6 is 15.9 Å². The molecule has 1 aromatic rings. The summed E-state index contributed by atoms with van der Waals surface area (Å²) < 4.78 is 11.3. The summed E-state index contributed by atoms with van der Waals surface area (Å²) in [7, 11) is 1.68. The Morgan fingerprint density at radius 2 is 1.59 bits per heavy atom. The molecule has 2 aliphatic carbocycles. The Morgan fingerprint density at radius 3 is 2.08 bits per heavy atom. The van der Waals surface area contributed by atoms with Gasteiger partial charge in [-0.3, -0.25) is 9.59 Å². The number of methoxy groups -OCH3 is 1. The highest BCUT2D eigenvalue weighted by atomic mass is 79.9. The van der Waals surface area contributed by atoms with E-state index in [1.165, 1.54) is 0 Å². The fourth-order valence-electron chi connectivity index (χ4n) is 5.97. The van der Waals surface area contributed by atoms with Gasteiger partial charge in [0.2, 0.25) is 0 Å². The van der Waals surface area contributed by atoms with Crippen LogP contribution < -0.4 is 4.74 Å².